The predicted molar refractivity (Wildman–Crippen MR) is 87.3 cm³/mol. The van der Waals surface area contributed by atoms with E-state index in [-0.39, 0.29) is 0 Å². The molecule has 2 rings (SSSR count). The summed E-state index contributed by atoms with van der Waals surface area (Å²) < 4.78 is 2.01. The molecule has 116 valence electrons. The lowest BCUT2D eigenvalue weighted by Gasteiger charge is -2.19. The molecule has 1 heterocycles. The number of aliphatic hydroxyl groups is 2. The van der Waals surface area contributed by atoms with Crippen molar-refractivity contribution in [3.63, 3.8) is 0 Å². The minimum Gasteiger partial charge on any atom is -0.390 e. The topological polar surface area (TPSA) is 45.4 Å². The normalized spacial score (nSPS) is 14.4. The van der Waals surface area contributed by atoms with Gasteiger partial charge in [-0.3, -0.25) is 0 Å². The van der Waals surface area contributed by atoms with Crippen LogP contribution < -0.4 is 0 Å². The molecule has 0 saturated heterocycles. The summed E-state index contributed by atoms with van der Waals surface area (Å²) in [6, 6.07) is 10.1. The van der Waals surface area contributed by atoms with Crippen molar-refractivity contribution in [2.45, 2.75) is 64.2 Å². The number of benzene rings is 1. The van der Waals surface area contributed by atoms with Crippen LogP contribution in [-0.2, 0) is 6.54 Å². The third-order valence-electron chi connectivity index (χ3n) is 4.11. The third kappa shape index (κ3) is 4.58. The van der Waals surface area contributed by atoms with Crippen LogP contribution in [0.4, 0.5) is 0 Å². The van der Waals surface area contributed by atoms with Crippen LogP contribution in [-0.4, -0.2) is 27.0 Å². The predicted octanol–water partition coefficient (Wildman–Crippen LogP) is 3.72. The summed E-state index contributed by atoms with van der Waals surface area (Å²) >= 11 is 0. The van der Waals surface area contributed by atoms with Crippen molar-refractivity contribution in [2.24, 2.45) is 0 Å². The number of para-hydroxylation sites is 1. The summed E-state index contributed by atoms with van der Waals surface area (Å²) in [7, 11) is 0. The molecule has 1 aromatic heterocycles. The molecule has 0 aliphatic carbocycles. The second kappa shape index (κ2) is 8.20. The van der Waals surface area contributed by atoms with E-state index >= 15 is 0 Å². The van der Waals surface area contributed by atoms with Crippen molar-refractivity contribution in [3.05, 3.63) is 36.5 Å². The zero-order valence-corrected chi connectivity index (χ0v) is 12.9. The van der Waals surface area contributed by atoms with Crippen molar-refractivity contribution >= 4 is 10.9 Å². The monoisotopic (exact) mass is 289 g/mol. The number of unbranched alkanes of at least 4 members (excludes halogenated alkanes) is 4. The molecule has 2 unspecified atom stereocenters. The Kier molecular flexibility index (Phi) is 6.27. The van der Waals surface area contributed by atoms with Crippen LogP contribution in [0.1, 0.15) is 45.4 Å². The number of nitrogens with zero attached hydrogens (tertiary/aromatic N) is 1. The van der Waals surface area contributed by atoms with Crippen LogP contribution in [0.2, 0.25) is 0 Å². The summed E-state index contributed by atoms with van der Waals surface area (Å²) in [4.78, 5) is 0. The Morgan fingerprint density at radius 3 is 2.52 bits per heavy atom. The van der Waals surface area contributed by atoms with Gasteiger partial charge in [0, 0.05) is 11.7 Å². The molecule has 21 heavy (non-hydrogen) atoms. The lowest BCUT2D eigenvalue weighted by molar-refractivity contribution is 0.00420. The zero-order chi connectivity index (χ0) is 15.1. The SMILES string of the molecule is CCCCCCCC(O)C(O)Cn1ccc2ccccc21. The smallest absolute Gasteiger partial charge is 0.0977 e. The van der Waals surface area contributed by atoms with Gasteiger partial charge in [0.15, 0.2) is 0 Å². The number of fused-ring (bicyclic) bond motifs is 1. The average molecular weight is 289 g/mol. The zero-order valence-electron chi connectivity index (χ0n) is 12.9. The van der Waals surface area contributed by atoms with Crippen molar-refractivity contribution in [1.82, 2.24) is 4.57 Å². The van der Waals surface area contributed by atoms with Gasteiger partial charge in [-0.25, -0.2) is 0 Å². The van der Waals surface area contributed by atoms with Crippen LogP contribution >= 0.6 is 0 Å². The molecule has 2 atom stereocenters. The minimum atomic E-state index is -0.702. The van der Waals surface area contributed by atoms with Crippen LogP contribution in [0.5, 0.6) is 0 Å². The maximum absolute atomic E-state index is 10.2. The Morgan fingerprint density at radius 2 is 1.71 bits per heavy atom. The molecule has 0 aliphatic heterocycles. The number of aliphatic hydroxyl groups excluding tert-OH is 2. The summed E-state index contributed by atoms with van der Waals surface area (Å²) in [5.41, 5.74) is 1.10. The molecule has 0 amide bonds. The molecule has 0 bridgehead atoms. The van der Waals surface area contributed by atoms with Gasteiger partial charge in [-0.05, 0) is 23.9 Å². The molecule has 3 nitrogen and oxygen atoms in total. The first-order chi connectivity index (χ1) is 10.2. The van der Waals surface area contributed by atoms with E-state index in [4.69, 9.17) is 0 Å². The van der Waals surface area contributed by atoms with Gasteiger partial charge in [-0.2, -0.15) is 0 Å². The molecule has 2 aromatic rings. The molecular weight excluding hydrogens is 262 g/mol. The van der Waals surface area contributed by atoms with E-state index in [2.05, 4.69) is 13.0 Å². The average Bonchev–Trinajstić information content (AvgIpc) is 2.90. The first-order valence-corrected chi connectivity index (χ1v) is 8.12. The van der Waals surface area contributed by atoms with Crippen molar-refractivity contribution in [3.8, 4) is 0 Å². The molecule has 0 saturated carbocycles. The highest BCUT2D eigenvalue weighted by Gasteiger charge is 2.17. The second-order valence-corrected chi connectivity index (χ2v) is 5.86. The molecule has 0 fully saturated rings. The first kappa shape index (κ1) is 16.1. The number of rotatable bonds is 9. The lowest BCUT2D eigenvalue weighted by Crippen LogP contribution is -2.30. The minimum absolute atomic E-state index is 0.448. The van der Waals surface area contributed by atoms with Crippen molar-refractivity contribution < 1.29 is 10.2 Å². The highest BCUT2D eigenvalue weighted by Crippen LogP contribution is 2.17. The fourth-order valence-electron chi connectivity index (χ4n) is 2.77. The second-order valence-electron chi connectivity index (χ2n) is 5.86. The number of hydrogen-bond acceptors (Lipinski definition) is 2. The Bertz CT molecular complexity index is 535. The Labute approximate surface area is 127 Å². The highest BCUT2D eigenvalue weighted by atomic mass is 16.3. The lowest BCUT2D eigenvalue weighted by atomic mass is 10.0. The molecule has 2 N–H and O–H groups in total. The fourth-order valence-corrected chi connectivity index (χ4v) is 2.77. The maximum atomic E-state index is 10.2. The first-order valence-electron chi connectivity index (χ1n) is 8.12. The van der Waals surface area contributed by atoms with Gasteiger partial charge in [0.2, 0.25) is 0 Å². The standard InChI is InChI=1S/C18H27NO2/c1-2-3-4-5-6-11-17(20)18(21)14-19-13-12-15-9-7-8-10-16(15)19/h7-10,12-13,17-18,20-21H,2-6,11,14H2,1H3. The summed E-state index contributed by atoms with van der Waals surface area (Å²) in [6.07, 6.45) is 7.17. The Morgan fingerprint density at radius 1 is 0.952 bits per heavy atom. The van der Waals surface area contributed by atoms with E-state index in [0.29, 0.717) is 13.0 Å². The number of aromatic nitrogens is 1. The molecule has 1 aromatic carbocycles. The van der Waals surface area contributed by atoms with Crippen LogP contribution in [0.15, 0.2) is 36.5 Å². The summed E-state index contributed by atoms with van der Waals surface area (Å²) in [5.74, 6) is 0. The van der Waals surface area contributed by atoms with Crippen molar-refractivity contribution in [2.75, 3.05) is 0 Å². The van der Waals surface area contributed by atoms with Gasteiger partial charge in [0.1, 0.15) is 0 Å². The molecule has 0 aliphatic rings. The van der Waals surface area contributed by atoms with E-state index in [0.717, 1.165) is 18.4 Å². The van der Waals surface area contributed by atoms with Crippen molar-refractivity contribution in [1.29, 1.82) is 0 Å². The van der Waals surface area contributed by atoms with Crippen LogP contribution in [0.25, 0.3) is 10.9 Å². The van der Waals surface area contributed by atoms with E-state index in [1.165, 1.54) is 24.6 Å². The maximum Gasteiger partial charge on any atom is 0.0977 e. The van der Waals surface area contributed by atoms with E-state index in [1.807, 2.05) is 35.0 Å². The summed E-state index contributed by atoms with van der Waals surface area (Å²) in [5, 5.41) is 21.4. The van der Waals surface area contributed by atoms with E-state index in [1.54, 1.807) is 0 Å². The van der Waals surface area contributed by atoms with Gasteiger partial charge in [0.25, 0.3) is 0 Å². The number of hydrogen-bond donors (Lipinski definition) is 2. The van der Waals surface area contributed by atoms with Crippen LogP contribution in [0, 0.1) is 0 Å². The highest BCUT2D eigenvalue weighted by molar-refractivity contribution is 5.79. The van der Waals surface area contributed by atoms with E-state index in [9.17, 15) is 10.2 Å². The molecule has 0 spiro atoms. The molecule has 0 radical (unpaired) electrons. The quantitative estimate of drug-likeness (QED) is 0.691. The molecule has 3 heteroatoms. The molecular formula is C18H27NO2. The fraction of sp³-hybridized carbons (Fsp3) is 0.556. The van der Waals surface area contributed by atoms with E-state index < -0.39 is 12.2 Å². The van der Waals surface area contributed by atoms with Gasteiger partial charge in [-0.1, -0.05) is 57.2 Å². The van der Waals surface area contributed by atoms with Gasteiger partial charge in [-0.15, -0.1) is 0 Å². The summed E-state index contributed by atoms with van der Waals surface area (Å²) in [6.45, 7) is 2.64. The van der Waals surface area contributed by atoms with Gasteiger partial charge < -0.3 is 14.8 Å². The van der Waals surface area contributed by atoms with Crippen LogP contribution in [0.3, 0.4) is 0 Å². The third-order valence-corrected chi connectivity index (χ3v) is 4.11. The van der Waals surface area contributed by atoms with Gasteiger partial charge >= 0.3 is 0 Å². The largest absolute Gasteiger partial charge is 0.390 e. The Balaban J connectivity index is 1.81. The van der Waals surface area contributed by atoms with Gasteiger partial charge in [0.05, 0.1) is 18.8 Å². The Hall–Kier alpha value is -1.32.